The summed E-state index contributed by atoms with van der Waals surface area (Å²) >= 11 is 5.35. The maximum Gasteiger partial charge on any atom is 0.142 e. The Morgan fingerprint density at radius 2 is 2.00 bits per heavy atom. The summed E-state index contributed by atoms with van der Waals surface area (Å²) in [4.78, 5) is 0. The summed E-state index contributed by atoms with van der Waals surface area (Å²) in [6, 6.07) is 1.16. The van der Waals surface area contributed by atoms with Gasteiger partial charge >= 0.3 is 0 Å². The molecule has 0 saturated carbocycles. The lowest BCUT2D eigenvalue weighted by Gasteiger charge is -2.08. The Hall–Kier alpha value is -0.930. The summed E-state index contributed by atoms with van der Waals surface area (Å²) in [5, 5.41) is -0.252. The van der Waals surface area contributed by atoms with Crippen molar-refractivity contribution in [1.29, 1.82) is 0 Å². The zero-order valence-electron chi connectivity index (χ0n) is 6.73. The fraction of sp³-hybridized carbons (Fsp3) is 0.111. The number of nitrogens with two attached hydrogens (primary N) is 1. The summed E-state index contributed by atoms with van der Waals surface area (Å²) in [6.07, 6.45) is 1.33. The van der Waals surface area contributed by atoms with Crippen LogP contribution in [0.15, 0.2) is 24.8 Å². The van der Waals surface area contributed by atoms with E-state index in [4.69, 9.17) is 17.3 Å². The first kappa shape index (κ1) is 10.2. The lowest BCUT2D eigenvalue weighted by atomic mass is 10.1. The van der Waals surface area contributed by atoms with E-state index >= 15 is 0 Å². The van der Waals surface area contributed by atoms with Crippen molar-refractivity contribution < 1.29 is 8.78 Å². The van der Waals surface area contributed by atoms with Gasteiger partial charge in [-0.1, -0.05) is 17.7 Å². The average Bonchev–Trinajstić information content (AvgIpc) is 2.10. The molecule has 0 amide bonds. The Kier molecular flexibility index (Phi) is 3.01. The number of hydrogen-bond donors (Lipinski definition) is 1. The van der Waals surface area contributed by atoms with E-state index in [1.165, 1.54) is 6.08 Å². The molecule has 0 aliphatic rings. The zero-order chi connectivity index (χ0) is 10.0. The Morgan fingerprint density at radius 1 is 1.38 bits per heavy atom. The molecule has 0 spiro atoms. The molecule has 0 unspecified atom stereocenters. The highest BCUT2D eigenvalue weighted by atomic mass is 35.5. The van der Waals surface area contributed by atoms with Gasteiger partial charge < -0.3 is 5.73 Å². The molecule has 1 rings (SSSR count). The van der Waals surface area contributed by atoms with E-state index in [1.807, 2.05) is 0 Å². The van der Waals surface area contributed by atoms with Crippen LogP contribution in [0.5, 0.6) is 0 Å². The predicted molar refractivity (Wildman–Crippen MR) is 48.5 cm³/mol. The molecule has 0 saturated heterocycles. The summed E-state index contributed by atoms with van der Waals surface area (Å²) in [6.45, 7) is 3.38. The first-order chi connectivity index (χ1) is 6.06. The molecule has 0 radical (unpaired) electrons. The van der Waals surface area contributed by atoms with Crippen molar-refractivity contribution in [2.75, 3.05) is 0 Å². The molecule has 1 aromatic carbocycles. The third kappa shape index (κ3) is 2.05. The minimum Gasteiger partial charge on any atom is -0.321 e. The highest BCUT2D eigenvalue weighted by Gasteiger charge is 2.12. The van der Waals surface area contributed by atoms with E-state index in [0.717, 1.165) is 12.1 Å². The molecule has 0 aromatic heterocycles. The summed E-state index contributed by atoms with van der Waals surface area (Å²) in [7, 11) is 0. The summed E-state index contributed by atoms with van der Waals surface area (Å²) < 4.78 is 26.0. The SMILES string of the molecule is C=C[C@H](N)c1cc(F)c(Cl)cc1F. The van der Waals surface area contributed by atoms with E-state index in [2.05, 4.69) is 6.58 Å². The molecule has 0 fully saturated rings. The van der Waals surface area contributed by atoms with Crippen molar-refractivity contribution in [3.05, 3.63) is 47.0 Å². The second-order valence-corrected chi connectivity index (χ2v) is 2.96. The zero-order valence-corrected chi connectivity index (χ0v) is 7.48. The van der Waals surface area contributed by atoms with Gasteiger partial charge in [-0.05, 0) is 12.1 Å². The van der Waals surface area contributed by atoms with Gasteiger partial charge in [0.25, 0.3) is 0 Å². The van der Waals surface area contributed by atoms with Crippen LogP contribution in [0.2, 0.25) is 5.02 Å². The monoisotopic (exact) mass is 203 g/mol. The fourth-order valence-electron chi connectivity index (χ4n) is 0.920. The molecule has 1 atom stereocenters. The summed E-state index contributed by atoms with van der Waals surface area (Å²) in [5.74, 6) is -1.31. The van der Waals surface area contributed by atoms with Crippen LogP contribution in [0, 0.1) is 11.6 Å². The van der Waals surface area contributed by atoms with Crippen molar-refractivity contribution in [2.45, 2.75) is 6.04 Å². The second-order valence-electron chi connectivity index (χ2n) is 2.55. The molecule has 1 nitrogen and oxygen atoms in total. The molecule has 13 heavy (non-hydrogen) atoms. The van der Waals surface area contributed by atoms with Crippen LogP contribution in [0.25, 0.3) is 0 Å². The third-order valence-corrected chi connectivity index (χ3v) is 1.94. The van der Waals surface area contributed by atoms with Crippen LogP contribution in [-0.4, -0.2) is 0 Å². The van der Waals surface area contributed by atoms with E-state index in [1.54, 1.807) is 0 Å². The molecule has 0 heterocycles. The molecule has 0 bridgehead atoms. The van der Waals surface area contributed by atoms with Crippen LogP contribution in [0.1, 0.15) is 11.6 Å². The number of halogens is 3. The van der Waals surface area contributed by atoms with Gasteiger partial charge in [-0.2, -0.15) is 0 Å². The van der Waals surface area contributed by atoms with Gasteiger partial charge in [-0.15, -0.1) is 6.58 Å². The Morgan fingerprint density at radius 3 is 2.54 bits per heavy atom. The quantitative estimate of drug-likeness (QED) is 0.581. The predicted octanol–water partition coefficient (Wildman–Crippen LogP) is 2.80. The van der Waals surface area contributed by atoms with E-state index in [-0.39, 0.29) is 10.6 Å². The van der Waals surface area contributed by atoms with Crippen molar-refractivity contribution in [3.63, 3.8) is 0 Å². The molecule has 2 N–H and O–H groups in total. The van der Waals surface area contributed by atoms with E-state index < -0.39 is 17.7 Å². The standard InChI is InChI=1S/C9H8ClF2N/c1-2-9(13)5-3-8(12)6(10)4-7(5)11/h2-4,9H,1,13H2/t9-/m0/s1. The third-order valence-electron chi connectivity index (χ3n) is 1.65. The van der Waals surface area contributed by atoms with Gasteiger partial charge in [0, 0.05) is 5.56 Å². The highest BCUT2D eigenvalue weighted by Crippen LogP contribution is 2.23. The lowest BCUT2D eigenvalue weighted by Crippen LogP contribution is -2.09. The van der Waals surface area contributed by atoms with Gasteiger partial charge in [0.2, 0.25) is 0 Å². The number of hydrogen-bond acceptors (Lipinski definition) is 1. The lowest BCUT2D eigenvalue weighted by molar-refractivity contribution is 0.579. The first-order valence-electron chi connectivity index (χ1n) is 3.59. The fourth-order valence-corrected chi connectivity index (χ4v) is 1.07. The topological polar surface area (TPSA) is 26.0 Å². The van der Waals surface area contributed by atoms with Crippen LogP contribution < -0.4 is 5.73 Å². The molecule has 70 valence electrons. The van der Waals surface area contributed by atoms with Crippen molar-refractivity contribution in [2.24, 2.45) is 5.73 Å². The normalized spacial score (nSPS) is 12.6. The van der Waals surface area contributed by atoms with Gasteiger partial charge in [-0.3, -0.25) is 0 Å². The van der Waals surface area contributed by atoms with Crippen LogP contribution in [0.4, 0.5) is 8.78 Å². The maximum atomic E-state index is 13.1. The molecule has 1 aromatic rings. The Balaban J connectivity index is 3.22. The molecule has 4 heteroatoms. The van der Waals surface area contributed by atoms with Crippen LogP contribution in [0.3, 0.4) is 0 Å². The van der Waals surface area contributed by atoms with E-state index in [9.17, 15) is 8.78 Å². The molecular weight excluding hydrogens is 196 g/mol. The first-order valence-corrected chi connectivity index (χ1v) is 3.96. The Labute approximate surface area is 79.8 Å². The minimum absolute atomic E-state index is 0.0527. The smallest absolute Gasteiger partial charge is 0.142 e. The van der Waals surface area contributed by atoms with Crippen molar-refractivity contribution in [1.82, 2.24) is 0 Å². The van der Waals surface area contributed by atoms with E-state index in [0.29, 0.717) is 0 Å². The number of benzene rings is 1. The van der Waals surface area contributed by atoms with Crippen LogP contribution >= 0.6 is 11.6 Å². The van der Waals surface area contributed by atoms with Crippen LogP contribution in [-0.2, 0) is 0 Å². The molecule has 0 aliphatic carbocycles. The van der Waals surface area contributed by atoms with Gasteiger partial charge in [0.1, 0.15) is 11.6 Å². The maximum absolute atomic E-state index is 13.1. The van der Waals surface area contributed by atoms with Crippen molar-refractivity contribution in [3.8, 4) is 0 Å². The second kappa shape index (κ2) is 3.85. The molecule has 0 aliphatic heterocycles. The average molecular weight is 204 g/mol. The van der Waals surface area contributed by atoms with Gasteiger partial charge in [-0.25, -0.2) is 8.78 Å². The minimum atomic E-state index is -0.716. The van der Waals surface area contributed by atoms with Gasteiger partial charge in [0.15, 0.2) is 0 Å². The number of rotatable bonds is 2. The highest BCUT2D eigenvalue weighted by molar-refractivity contribution is 6.30. The largest absolute Gasteiger partial charge is 0.321 e. The molecular formula is C9H8ClF2N. The Bertz CT molecular complexity index is 339. The summed E-state index contributed by atoms with van der Waals surface area (Å²) in [5.41, 5.74) is 5.50. The van der Waals surface area contributed by atoms with Crippen molar-refractivity contribution >= 4 is 11.6 Å². The van der Waals surface area contributed by atoms with Gasteiger partial charge in [0.05, 0.1) is 11.1 Å².